The normalized spacial score (nSPS) is 11.2. The molecule has 4 nitrogen and oxygen atoms in total. The maximum absolute atomic E-state index is 11.5. The van der Waals surface area contributed by atoms with E-state index in [1.807, 2.05) is 0 Å². The number of carbonyl (C=O) groups excluding carboxylic acids is 1. The molecular weight excluding hydrogens is 252 g/mol. The predicted octanol–water partition coefficient (Wildman–Crippen LogP) is 1.84. The van der Waals surface area contributed by atoms with Crippen molar-refractivity contribution < 1.29 is 17.9 Å². The van der Waals surface area contributed by atoms with E-state index in [-0.39, 0.29) is 15.5 Å². The maximum atomic E-state index is 11.5. The van der Waals surface area contributed by atoms with Crippen LogP contribution >= 0.6 is 11.6 Å². The largest absolute Gasteiger partial charge is 0.465 e. The molecule has 6 heteroatoms. The molecule has 0 amide bonds. The molecule has 0 atom stereocenters. The Morgan fingerprint density at radius 2 is 1.94 bits per heavy atom. The summed E-state index contributed by atoms with van der Waals surface area (Å²) >= 11 is 5.85. The first-order valence-corrected chi connectivity index (χ1v) is 6.63. The predicted molar refractivity (Wildman–Crippen MR) is 60.6 cm³/mol. The van der Waals surface area contributed by atoms with Crippen LogP contribution in [0.2, 0.25) is 5.02 Å². The molecule has 1 aromatic rings. The molecule has 0 aromatic heterocycles. The molecule has 88 valence electrons. The number of rotatable bonds is 2. The van der Waals surface area contributed by atoms with E-state index < -0.39 is 15.8 Å². The van der Waals surface area contributed by atoms with Crippen LogP contribution < -0.4 is 0 Å². The van der Waals surface area contributed by atoms with Gasteiger partial charge in [0.2, 0.25) is 0 Å². The van der Waals surface area contributed by atoms with E-state index in [4.69, 9.17) is 11.6 Å². The maximum Gasteiger partial charge on any atom is 0.337 e. The summed E-state index contributed by atoms with van der Waals surface area (Å²) in [5.74, 6) is -0.619. The van der Waals surface area contributed by atoms with Crippen LogP contribution in [0.25, 0.3) is 0 Å². The van der Waals surface area contributed by atoms with Gasteiger partial charge in [-0.05, 0) is 24.6 Å². The number of hydrogen-bond acceptors (Lipinski definition) is 4. The highest BCUT2D eigenvalue weighted by Gasteiger charge is 2.17. The van der Waals surface area contributed by atoms with E-state index >= 15 is 0 Å². The third-order valence-electron chi connectivity index (χ3n) is 2.12. The lowest BCUT2D eigenvalue weighted by Gasteiger charge is -2.08. The summed E-state index contributed by atoms with van der Waals surface area (Å²) in [6.07, 6.45) is 1.06. The molecule has 0 spiro atoms. The Hall–Kier alpha value is -1.07. The molecule has 0 saturated carbocycles. The van der Waals surface area contributed by atoms with Crippen molar-refractivity contribution in [1.29, 1.82) is 0 Å². The monoisotopic (exact) mass is 262 g/mol. The standard InChI is InChI=1S/C10H11ClO4S/c1-6-8(11)4-7(10(12)15-2)5-9(6)16(3,13)14/h4-5H,1-3H3. The molecule has 0 aliphatic rings. The molecule has 0 bridgehead atoms. The molecule has 0 fully saturated rings. The van der Waals surface area contributed by atoms with Gasteiger partial charge in [0.25, 0.3) is 0 Å². The van der Waals surface area contributed by atoms with Gasteiger partial charge < -0.3 is 4.74 Å². The van der Waals surface area contributed by atoms with Crippen LogP contribution in [0.15, 0.2) is 17.0 Å². The van der Waals surface area contributed by atoms with E-state index in [2.05, 4.69) is 4.74 Å². The molecule has 0 heterocycles. The van der Waals surface area contributed by atoms with Crippen molar-refractivity contribution in [2.45, 2.75) is 11.8 Å². The Labute approximate surface area is 99.1 Å². The van der Waals surface area contributed by atoms with Gasteiger partial charge in [0.05, 0.1) is 17.6 Å². The van der Waals surface area contributed by atoms with E-state index in [0.29, 0.717) is 5.56 Å². The van der Waals surface area contributed by atoms with Gasteiger partial charge in [0, 0.05) is 11.3 Å². The highest BCUT2D eigenvalue weighted by atomic mass is 35.5. The minimum atomic E-state index is -3.41. The number of sulfone groups is 1. The quantitative estimate of drug-likeness (QED) is 0.763. The van der Waals surface area contributed by atoms with Crippen molar-refractivity contribution in [3.8, 4) is 0 Å². The van der Waals surface area contributed by atoms with E-state index in [9.17, 15) is 13.2 Å². The third-order valence-corrected chi connectivity index (χ3v) is 3.73. The van der Waals surface area contributed by atoms with Crippen LogP contribution in [0.5, 0.6) is 0 Å². The van der Waals surface area contributed by atoms with Crippen molar-refractivity contribution in [3.05, 3.63) is 28.3 Å². The van der Waals surface area contributed by atoms with Crippen LogP contribution in [0, 0.1) is 6.92 Å². The van der Waals surface area contributed by atoms with Crippen LogP contribution in [0.4, 0.5) is 0 Å². The lowest BCUT2D eigenvalue weighted by atomic mass is 10.1. The van der Waals surface area contributed by atoms with E-state index in [1.165, 1.54) is 19.2 Å². The van der Waals surface area contributed by atoms with Crippen molar-refractivity contribution >= 4 is 27.4 Å². The van der Waals surface area contributed by atoms with Gasteiger partial charge >= 0.3 is 5.97 Å². The zero-order valence-corrected chi connectivity index (χ0v) is 10.6. The molecule has 0 aliphatic heterocycles. The minimum Gasteiger partial charge on any atom is -0.465 e. The van der Waals surface area contributed by atoms with Gasteiger partial charge in [-0.2, -0.15) is 0 Å². The summed E-state index contributed by atoms with van der Waals surface area (Å²) in [6, 6.07) is 2.65. The number of hydrogen-bond donors (Lipinski definition) is 0. The fraction of sp³-hybridized carbons (Fsp3) is 0.300. The molecule has 0 N–H and O–H groups in total. The molecule has 0 radical (unpaired) electrons. The van der Waals surface area contributed by atoms with E-state index in [1.54, 1.807) is 6.92 Å². The van der Waals surface area contributed by atoms with Crippen LogP contribution in [0.3, 0.4) is 0 Å². The average molecular weight is 263 g/mol. The first kappa shape index (κ1) is 13.0. The molecule has 0 unspecified atom stereocenters. The Balaban J connectivity index is 3.52. The smallest absolute Gasteiger partial charge is 0.337 e. The van der Waals surface area contributed by atoms with Gasteiger partial charge in [-0.15, -0.1) is 0 Å². The molecule has 1 aromatic carbocycles. The average Bonchev–Trinajstić information content (AvgIpc) is 2.18. The Morgan fingerprint density at radius 3 is 2.38 bits per heavy atom. The summed E-state index contributed by atoms with van der Waals surface area (Å²) in [7, 11) is -2.19. The second-order valence-corrected chi connectivity index (χ2v) is 5.74. The fourth-order valence-electron chi connectivity index (χ4n) is 1.27. The number of esters is 1. The van der Waals surface area contributed by atoms with Gasteiger partial charge in [-0.25, -0.2) is 13.2 Å². The van der Waals surface area contributed by atoms with Crippen molar-refractivity contribution in [3.63, 3.8) is 0 Å². The Bertz CT molecular complexity index is 534. The van der Waals surface area contributed by atoms with Crippen LogP contribution in [-0.2, 0) is 14.6 Å². The zero-order valence-electron chi connectivity index (χ0n) is 9.07. The molecule has 0 saturated heterocycles. The number of ether oxygens (including phenoxy) is 1. The molecule has 16 heavy (non-hydrogen) atoms. The Kier molecular flexibility index (Phi) is 3.60. The lowest BCUT2D eigenvalue weighted by Crippen LogP contribution is -2.06. The number of benzene rings is 1. The fourth-order valence-corrected chi connectivity index (χ4v) is 2.56. The van der Waals surface area contributed by atoms with Gasteiger partial charge in [-0.3, -0.25) is 0 Å². The van der Waals surface area contributed by atoms with E-state index in [0.717, 1.165) is 6.26 Å². The molecule has 1 rings (SSSR count). The SMILES string of the molecule is COC(=O)c1cc(Cl)c(C)c(S(C)(=O)=O)c1. The van der Waals surface area contributed by atoms with Crippen molar-refractivity contribution in [2.24, 2.45) is 0 Å². The highest BCUT2D eigenvalue weighted by molar-refractivity contribution is 7.90. The van der Waals surface area contributed by atoms with Gasteiger partial charge in [-0.1, -0.05) is 11.6 Å². The minimum absolute atomic E-state index is 0.0420. The first-order chi connectivity index (χ1) is 7.27. The number of carbonyl (C=O) groups is 1. The van der Waals surface area contributed by atoms with Crippen molar-refractivity contribution in [1.82, 2.24) is 0 Å². The molecular formula is C10H11ClO4S. The number of methoxy groups -OCH3 is 1. The zero-order chi connectivity index (χ0) is 12.5. The summed E-state index contributed by atoms with van der Waals surface area (Å²) < 4.78 is 27.4. The topological polar surface area (TPSA) is 60.4 Å². The lowest BCUT2D eigenvalue weighted by molar-refractivity contribution is 0.0600. The summed E-state index contributed by atoms with van der Waals surface area (Å²) in [5.41, 5.74) is 0.551. The summed E-state index contributed by atoms with van der Waals surface area (Å²) in [4.78, 5) is 11.3. The second kappa shape index (κ2) is 4.43. The van der Waals surface area contributed by atoms with Gasteiger partial charge in [0.1, 0.15) is 0 Å². The summed E-state index contributed by atoms with van der Waals surface area (Å²) in [5, 5.41) is 0.225. The Morgan fingerprint density at radius 1 is 1.38 bits per heavy atom. The third kappa shape index (κ3) is 2.54. The van der Waals surface area contributed by atoms with Crippen LogP contribution in [0.1, 0.15) is 15.9 Å². The second-order valence-electron chi connectivity index (χ2n) is 3.34. The summed E-state index contributed by atoms with van der Waals surface area (Å²) in [6.45, 7) is 1.58. The van der Waals surface area contributed by atoms with Crippen LogP contribution in [-0.4, -0.2) is 27.8 Å². The number of halogens is 1. The van der Waals surface area contributed by atoms with Gasteiger partial charge in [0.15, 0.2) is 9.84 Å². The molecule has 0 aliphatic carbocycles. The first-order valence-electron chi connectivity index (χ1n) is 4.36. The highest BCUT2D eigenvalue weighted by Crippen LogP contribution is 2.25. The van der Waals surface area contributed by atoms with Crippen molar-refractivity contribution in [2.75, 3.05) is 13.4 Å².